The summed E-state index contributed by atoms with van der Waals surface area (Å²) in [7, 11) is 0. The van der Waals surface area contributed by atoms with E-state index in [2.05, 4.69) is 5.32 Å². The van der Waals surface area contributed by atoms with Crippen molar-refractivity contribution in [2.75, 3.05) is 5.32 Å². The Morgan fingerprint density at radius 3 is 2.10 bits per heavy atom. The van der Waals surface area contributed by atoms with Gasteiger partial charge in [-0.1, -0.05) is 46.9 Å². The van der Waals surface area contributed by atoms with E-state index < -0.39 is 0 Å². The van der Waals surface area contributed by atoms with Gasteiger partial charge in [-0.05, 0) is 48.6 Å². The van der Waals surface area contributed by atoms with E-state index in [9.17, 15) is 4.39 Å². The summed E-state index contributed by atoms with van der Waals surface area (Å²) in [5, 5.41) is 4.87. The van der Waals surface area contributed by atoms with E-state index in [1.54, 1.807) is 24.3 Å². The van der Waals surface area contributed by atoms with Crippen LogP contribution in [0.1, 0.15) is 24.4 Å². The van der Waals surface area contributed by atoms with E-state index >= 15 is 0 Å². The van der Waals surface area contributed by atoms with E-state index in [-0.39, 0.29) is 11.9 Å². The van der Waals surface area contributed by atoms with E-state index in [1.807, 2.05) is 0 Å². The third-order valence-corrected chi connectivity index (χ3v) is 4.44. The van der Waals surface area contributed by atoms with Crippen molar-refractivity contribution in [2.24, 2.45) is 5.92 Å². The second-order valence-electron chi connectivity index (χ2n) is 5.26. The summed E-state index contributed by atoms with van der Waals surface area (Å²) in [6.07, 6.45) is 2.27. The first-order chi connectivity index (χ1) is 10.0. The molecule has 1 atom stereocenters. The molecule has 1 aliphatic carbocycles. The number of anilines is 1. The Balaban J connectivity index is 1.91. The van der Waals surface area contributed by atoms with E-state index in [0.717, 1.165) is 18.4 Å². The Bertz CT molecular complexity index is 630. The van der Waals surface area contributed by atoms with Crippen molar-refractivity contribution >= 4 is 40.5 Å². The second-order valence-corrected chi connectivity index (χ2v) is 6.51. The lowest BCUT2D eigenvalue weighted by Gasteiger charge is -2.22. The summed E-state index contributed by atoms with van der Waals surface area (Å²) in [5.41, 5.74) is 1.70. The van der Waals surface area contributed by atoms with E-state index in [1.165, 1.54) is 12.1 Å². The van der Waals surface area contributed by atoms with Crippen molar-refractivity contribution in [3.63, 3.8) is 0 Å². The molecule has 1 saturated carbocycles. The van der Waals surface area contributed by atoms with Gasteiger partial charge in [-0.15, -0.1) is 0 Å². The van der Waals surface area contributed by atoms with Crippen LogP contribution in [0.5, 0.6) is 0 Å². The van der Waals surface area contributed by atoms with Gasteiger partial charge in [-0.3, -0.25) is 0 Å². The maximum atomic E-state index is 13.1. The number of benzene rings is 2. The van der Waals surface area contributed by atoms with Crippen LogP contribution in [0.4, 0.5) is 10.1 Å². The molecule has 2 aromatic rings. The lowest BCUT2D eigenvalue weighted by atomic mass is 10.0. The highest BCUT2D eigenvalue weighted by molar-refractivity contribution is 6.41. The van der Waals surface area contributed by atoms with Crippen molar-refractivity contribution in [3.8, 4) is 0 Å². The third kappa shape index (κ3) is 3.45. The average molecular weight is 345 g/mol. The van der Waals surface area contributed by atoms with Crippen LogP contribution in [0, 0.1) is 11.7 Å². The van der Waals surface area contributed by atoms with Crippen molar-refractivity contribution in [3.05, 3.63) is 62.8 Å². The van der Waals surface area contributed by atoms with Gasteiger partial charge in [-0.25, -0.2) is 4.39 Å². The van der Waals surface area contributed by atoms with Gasteiger partial charge in [0.15, 0.2) is 0 Å². The highest BCUT2D eigenvalue weighted by Crippen LogP contribution is 2.45. The van der Waals surface area contributed by atoms with Crippen LogP contribution in [0.2, 0.25) is 15.1 Å². The summed E-state index contributed by atoms with van der Waals surface area (Å²) in [5.74, 6) is 0.272. The second kappa shape index (κ2) is 6.04. The molecule has 3 rings (SSSR count). The molecule has 5 heteroatoms. The fourth-order valence-electron chi connectivity index (χ4n) is 2.41. The molecule has 0 radical (unpaired) electrons. The summed E-state index contributed by atoms with van der Waals surface area (Å²) < 4.78 is 13.1. The SMILES string of the molecule is Fc1ccc(C(Nc2c(Cl)cc(Cl)cc2Cl)C2CC2)cc1. The summed E-state index contributed by atoms with van der Waals surface area (Å²) >= 11 is 18.4. The van der Waals surface area contributed by atoms with Crippen LogP contribution in [0.3, 0.4) is 0 Å². The number of hydrogen-bond donors (Lipinski definition) is 1. The molecule has 2 aromatic carbocycles. The molecule has 0 aliphatic heterocycles. The number of rotatable bonds is 4. The van der Waals surface area contributed by atoms with Gasteiger partial charge in [0.25, 0.3) is 0 Å². The van der Waals surface area contributed by atoms with Gasteiger partial charge in [-0.2, -0.15) is 0 Å². The maximum absolute atomic E-state index is 13.1. The zero-order valence-electron chi connectivity index (χ0n) is 11.0. The van der Waals surface area contributed by atoms with Crippen LogP contribution in [0.25, 0.3) is 0 Å². The minimum absolute atomic E-state index is 0.0711. The first kappa shape index (κ1) is 15.0. The molecule has 1 fully saturated rings. The standard InChI is InChI=1S/C16H13Cl3FN/c17-11-7-13(18)16(14(19)8-11)21-15(9-1-2-9)10-3-5-12(20)6-4-10/h3-9,15,21H,1-2H2. The lowest BCUT2D eigenvalue weighted by Crippen LogP contribution is -2.13. The smallest absolute Gasteiger partial charge is 0.123 e. The molecule has 1 nitrogen and oxygen atoms in total. The average Bonchev–Trinajstić information content (AvgIpc) is 3.24. The molecule has 1 unspecified atom stereocenters. The molecular weight excluding hydrogens is 332 g/mol. The van der Waals surface area contributed by atoms with Crippen LogP contribution >= 0.6 is 34.8 Å². The topological polar surface area (TPSA) is 12.0 Å². The zero-order chi connectivity index (χ0) is 15.0. The molecule has 1 aliphatic rings. The summed E-state index contributed by atoms with van der Waals surface area (Å²) in [6.45, 7) is 0. The number of halogens is 4. The molecule has 0 aromatic heterocycles. The van der Waals surface area contributed by atoms with Crippen molar-refractivity contribution in [1.82, 2.24) is 0 Å². The highest BCUT2D eigenvalue weighted by Gasteiger charge is 2.33. The monoisotopic (exact) mass is 343 g/mol. The summed E-state index contributed by atoms with van der Waals surface area (Å²) in [6, 6.07) is 9.92. The highest BCUT2D eigenvalue weighted by atomic mass is 35.5. The number of nitrogens with one attached hydrogen (secondary N) is 1. The Kier molecular flexibility index (Phi) is 4.30. The largest absolute Gasteiger partial charge is 0.376 e. The lowest BCUT2D eigenvalue weighted by molar-refractivity contribution is 0.622. The molecular formula is C16H13Cl3FN. The molecule has 1 N–H and O–H groups in total. The Morgan fingerprint density at radius 1 is 1.00 bits per heavy atom. The third-order valence-electron chi connectivity index (χ3n) is 3.63. The molecule has 110 valence electrons. The first-order valence-electron chi connectivity index (χ1n) is 6.71. The van der Waals surface area contributed by atoms with Gasteiger partial charge in [0.2, 0.25) is 0 Å². The molecule has 0 heterocycles. The maximum Gasteiger partial charge on any atom is 0.123 e. The predicted molar refractivity (Wildman–Crippen MR) is 87.0 cm³/mol. The van der Waals surface area contributed by atoms with Gasteiger partial charge in [0.05, 0.1) is 21.8 Å². The molecule has 0 spiro atoms. The summed E-state index contributed by atoms with van der Waals surface area (Å²) in [4.78, 5) is 0. The van der Waals surface area contributed by atoms with E-state index in [4.69, 9.17) is 34.8 Å². The van der Waals surface area contributed by atoms with Gasteiger partial charge >= 0.3 is 0 Å². The Labute approximate surface area is 138 Å². The minimum atomic E-state index is -0.240. The van der Waals surface area contributed by atoms with Gasteiger partial charge in [0.1, 0.15) is 5.82 Å². The van der Waals surface area contributed by atoms with Crippen molar-refractivity contribution in [2.45, 2.75) is 18.9 Å². The van der Waals surface area contributed by atoms with Gasteiger partial charge in [0, 0.05) is 5.02 Å². The normalized spacial score (nSPS) is 15.8. The molecule has 21 heavy (non-hydrogen) atoms. The van der Waals surface area contributed by atoms with Crippen LogP contribution < -0.4 is 5.32 Å². The fourth-order valence-corrected chi connectivity index (χ4v) is 3.33. The van der Waals surface area contributed by atoms with Crippen LogP contribution in [-0.2, 0) is 0 Å². The Hall–Kier alpha value is -0.960. The molecule has 0 saturated heterocycles. The zero-order valence-corrected chi connectivity index (χ0v) is 13.3. The molecule has 0 bridgehead atoms. The van der Waals surface area contributed by atoms with Gasteiger partial charge < -0.3 is 5.32 Å². The molecule has 0 amide bonds. The number of hydrogen-bond acceptors (Lipinski definition) is 1. The first-order valence-corrected chi connectivity index (χ1v) is 7.84. The predicted octanol–water partition coefficient (Wildman–Crippen LogP) is 6.35. The Morgan fingerprint density at radius 2 is 1.57 bits per heavy atom. The van der Waals surface area contributed by atoms with Crippen LogP contribution in [-0.4, -0.2) is 0 Å². The van der Waals surface area contributed by atoms with Crippen LogP contribution in [0.15, 0.2) is 36.4 Å². The van der Waals surface area contributed by atoms with Crippen molar-refractivity contribution in [1.29, 1.82) is 0 Å². The fraction of sp³-hybridized carbons (Fsp3) is 0.250. The minimum Gasteiger partial charge on any atom is -0.376 e. The van der Waals surface area contributed by atoms with Crippen molar-refractivity contribution < 1.29 is 4.39 Å². The van der Waals surface area contributed by atoms with E-state index in [0.29, 0.717) is 26.7 Å². The quantitative estimate of drug-likeness (QED) is 0.681.